The van der Waals surface area contributed by atoms with Crippen LogP contribution in [0.1, 0.15) is 28.9 Å². The van der Waals surface area contributed by atoms with Crippen LogP contribution in [0.25, 0.3) is 16.8 Å². The molecule has 3 heterocycles. The van der Waals surface area contributed by atoms with Crippen LogP contribution in [0, 0.1) is 6.92 Å². The van der Waals surface area contributed by atoms with Gasteiger partial charge in [0.25, 0.3) is 0 Å². The molecule has 1 saturated heterocycles. The number of hydrogen-bond donors (Lipinski definition) is 0. The fourth-order valence-electron chi connectivity index (χ4n) is 5.35. The molecule has 1 aliphatic carbocycles. The molecule has 5 nitrogen and oxygen atoms in total. The van der Waals surface area contributed by atoms with Crippen LogP contribution in [0.4, 0.5) is 5.82 Å². The van der Waals surface area contributed by atoms with Crippen LogP contribution < -0.4 is 4.90 Å². The lowest BCUT2D eigenvalue weighted by atomic mass is 10.1. The minimum atomic E-state index is 0.795. The van der Waals surface area contributed by atoms with Crippen molar-refractivity contribution in [1.82, 2.24) is 19.5 Å². The third kappa shape index (κ3) is 3.79. The van der Waals surface area contributed by atoms with E-state index in [1.807, 2.05) is 12.1 Å². The topological polar surface area (TPSA) is 36.7 Å². The molecule has 0 saturated carbocycles. The standard InChI is InChI=1S/C27H28ClN5/c1-19-25(21-6-3-2-4-7-21)26-29-24-9-5-8-23(24)27(33(26)30-19)32-16-14-31(15-17-32)18-20-10-12-22(28)13-11-20/h2-4,6-7,10-13H,5,8-9,14-18H2,1H3. The average molecular weight is 458 g/mol. The van der Waals surface area contributed by atoms with Crippen molar-refractivity contribution >= 4 is 23.1 Å². The maximum atomic E-state index is 6.05. The van der Waals surface area contributed by atoms with Gasteiger partial charge in [0, 0.05) is 54.6 Å². The molecule has 2 aromatic carbocycles. The van der Waals surface area contributed by atoms with Crippen molar-refractivity contribution in [3.05, 3.63) is 82.1 Å². The van der Waals surface area contributed by atoms with Gasteiger partial charge in [-0.05, 0) is 49.4 Å². The fourth-order valence-corrected chi connectivity index (χ4v) is 5.47. The molecule has 6 heteroatoms. The summed E-state index contributed by atoms with van der Waals surface area (Å²) in [5.74, 6) is 1.27. The predicted molar refractivity (Wildman–Crippen MR) is 134 cm³/mol. The van der Waals surface area contributed by atoms with Crippen molar-refractivity contribution in [2.45, 2.75) is 32.7 Å². The van der Waals surface area contributed by atoms with Gasteiger partial charge in [-0.25, -0.2) is 4.98 Å². The van der Waals surface area contributed by atoms with Gasteiger partial charge in [-0.15, -0.1) is 0 Å². The van der Waals surface area contributed by atoms with E-state index in [1.165, 1.54) is 34.6 Å². The summed E-state index contributed by atoms with van der Waals surface area (Å²) in [6.45, 7) is 7.14. The Balaban J connectivity index is 1.33. The highest BCUT2D eigenvalue weighted by molar-refractivity contribution is 6.30. The molecule has 0 amide bonds. The molecule has 0 unspecified atom stereocenters. The molecule has 0 bridgehead atoms. The summed E-state index contributed by atoms with van der Waals surface area (Å²) < 4.78 is 2.14. The lowest BCUT2D eigenvalue weighted by Crippen LogP contribution is -2.47. The lowest BCUT2D eigenvalue weighted by molar-refractivity contribution is 0.249. The molecular weight excluding hydrogens is 430 g/mol. The van der Waals surface area contributed by atoms with Crippen molar-refractivity contribution in [3.8, 4) is 11.1 Å². The Morgan fingerprint density at radius 2 is 1.67 bits per heavy atom. The van der Waals surface area contributed by atoms with Crippen LogP contribution in [0.3, 0.4) is 0 Å². The van der Waals surface area contributed by atoms with Crippen molar-refractivity contribution in [1.29, 1.82) is 0 Å². The second-order valence-electron chi connectivity index (χ2n) is 9.17. The molecule has 168 valence electrons. The molecule has 0 N–H and O–H groups in total. The van der Waals surface area contributed by atoms with Gasteiger partial charge in [-0.3, -0.25) is 4.90 Å². The quantitative estimate of drug-likeness (QED) is 0.423. The largest absolute Gasteiger partial charge is 0.354 e. The highest BCUT2D eigenvalue weighted by Crippen LogP contribution is 2.36. The van der Waals surface area contributed by atoms with Crippen molar-refractivity contribution in [2.24, 2.45) is 0 Å². The Bertz CT molecular complexity index is 1290. The van der Waals surface area contributed by atoms with E-state index >= 15 is 0 Å². The number of rotatable bonds is 4. The summed E-state index contributed by atoms with van der Waals surface area (Å²) in [7, 11) is 0. The molecule has 0 radical (unpaired) electrons. The van der Waals surface area contributed by atoms with E-state index in [9.17, 15) is 0 Å². The summed E-state index contributed by atoms with van der Waals surface area (Å²) in [6, 6.07) is 18.8. The van der Waals surface area contributed by atoms with Gasteiger partial charge in [0.2, 0.25) is 0 Å². The van der Waals surface area contributed by atoms with Crippen LogP contribution in [0.2, 0.25) is 5.02 Å². The average Bonchev–Trinajstić information content (AvgIpc) is 3.43. The second kappa shape index (κ2) is 8.47. The summed E-state index contributed by atoms with van der Waals surface area (Å²) in [5, 5.41) is 5.82. The first-order valence-electron chi connectivity index (χ1n) is 11.9. The number of hydrogen-bond acceptors (Lipinski definition) is 4. The summed E-state index contributed by atoms with van der Waals surface area (Å²) >= 11 is 6.05. The number of benzene rings is 2. The number of halogens is 1. The van der Waals surface area contributed by atoms with Gasteiger partial charge in [0.1, 0.15) is 5.82 Å². The van der Waals surface area contributed by atoms with Gasteiger partial charge < -0.3 is 4.90 Å². The molecular formula is C27H28ClN5. The molecule has 4 aromatic rings. The predicted octanol–water partition coefficient (Wildman–Crippen LogP) is 5.17. The molecule has 6 rings (SSSR count). The zero-order valence-corrected chi connectivity index (χ0v) is 19.7. The van der Waals surface area contributed by atoms with E-state index in [2.05, 4.69) is 63.7 Å². The molecule has 2 aliphatic rings. The van der Waals surface area contributed by atoms with Gasteiger partial charge in [0.05, 0.1) is 5.69 Å². The van der Waals surface area contributed by atoms with Gasteiger partial charge >= 0.3 is 0 Å². The van der Waals surface area contributed by atoms with Gasteiger partial charge in [-0.2, -0.15) is 9.61 Å². The van der Waals surface area contributed by atoms with Crippen molar-refractivity contribution in [3.63, 3.8) is 0 Å². The van der Waals surface area contributed by atoms with Crippen LogP contribution in [0.15, 0.2) is 54.6 Å². The number of piperazine rings is 1. The maximum absolute atomic E-state index is 6.05. The Labute approximate surface area is 199 Å². The normalized spacial score (nSPS) is 16.5. The summed E-state index contributed by atoms with van der Waals surface area (Å²) in [4.78, 5) is 10.2. The second-order valence-corrected chi connectivity index (χ2v) is 9.60. The molecule has 2 aromatic heterocycles. The monoisotopic (exact) mass is 457 g/mol. The first kappa shape index (κ1) is 20.7. The van der Waals surface area contributed by atoms with Gasteiger partial charge in [-0.1, -0.05) is 54.1 Å². The first-order chi connectivity index (χ1) is 16.2. The van der Waals surface area contributed by atoms with E-state index in [1.54, 1.807) is 0 Å². The number of nitrogens with zero attached hydrogens (tertiary/aromatic N) is 5. The molecule has 1 fully saturated rings. The number of anilines is 1. The first-order valence-corrected chi connectivity index (χ1v) is 12.2. The summed E-state index contributed by atoms with van der Waals surface area (Å²) in [5.41, 5.74) is 8.37. The van der Waals surface area contributed by atoms with E-state index in [0.29, 0.717) is 0 Å². The Morgan fingerprint density at radius 1 is 0.909 bits per heavy atom. The zero-order chi connectivity index (χ0) is 22.4. The zero-order valence-electron chi connectivity index (χ0n) is 19.0. The molecule has 33 heavy (non-hydrogen) atoms. The minimum Gasteiger partial charge on any atom is -0.354 e. The van der Waals surface area contributed by atoms with Crippen LogP contribution in [-0.2, 0) is 19.4 Å². The number of aromatic nitrogens is 3. The number of aryl methyl sites for hydroxylation is 2. The third-order valence-electron chi connectivity index (χ3n) is 6.99. The Kier molecular flexibility index (Phi) is 5.31. The van der Waals surface area contributed by atoms with Crippen LogP contribution in [-0.4, -0.2) is 45.7 Å². The fraction of sp³-hybridized carbons (Fsp3) is 0.333. The van der Waals surface area contributed by atoms with Crippen molar-refractivity contribution < 1.29 is 0 Å². The van der Waals surface area contributed by atoms with E-state index < -0.39 is 0 Å². The summed E-state index contributed by atoms with van der Waals surface area (Å²) in [6.07, 6.45) is 3.34. The molecule has 0 atom stereocenters. The smallest absolute Gasteiger partial charge is 0.165 e. The highest BCUT2D eigenvalue weighted by Gasteiger charge is 2.28. The van der Waals surface area contributed by atoms with Crippen LogP contribution in [0.5, 0.6) is 0 Å². The van der Waals surface area contributed by atoms with Gasteiger partial charge in [0.15, 0.2) is 5.65 Å². The van der Waals surface area contributed by atoms with E-state index in [4.69, 9.17) is 21.7 Å². The van der Waals surface area contributed by atoms with Crippen LogP contribution >= 0.6 is 11.6 Å². The molecule has 0 spiro atoms. The Hall–Kier alpha value is -2.89. The molecule has 1 aliphatic heterocycles. The highest BCUT2D eigenvalue weighted by atomic mass is 35.5. The minimum absolute atomic E-state index is 0.795. The maximum Gasteiger partial charge on any atom is 0.165 e. The third-order valence-corrected chi connectivity index (χ3v) is 7.24. The Morgan fingerprint density at radius 3 is 2.42 bits per heavy atom. The SMILES string of the molecule is Cc1nn2c(N3CCN(Cc4ccc(Cl)cc4)CC3)c3c(nc2c1-c1ccccc1)CCC3. The van der Waals surface area contributed by atoms with Crippen molar-refractivity contribution in [2.75, 3.05) is 31.1 Å². The number of fused-ring (bicyclic) bond motifs is 2. The van der Waals surface area contributed by atoms with E-state index in [0.717, 1.165) is 67.5 Å². The van der Waals surface area contributed by atoms with E-state index in [-0.39, 0.29) is 0 Å². The lowest BCUT2D eigenvalue weighted by Gasteiger charge is -2.37.